The van der Waals surface area contributed by atoms with E-state index in [1.54, 1.807) is 22.7 Å². The third-order valence-electron chi connectivity index (χ3n) is 7.76. The molecule has 222 valence electrons. The molecule has 0 bridgehead atoms. The van der Waals surface area contributed by atoms with Crippen molar-refractivity contribution < 1.29 is 23.0 Å². The molecule has 2 aromatic carbocycles. The van der Waals surface area contributed by atoms with Gasteiger partial charge in [0.15, 0.2) is 23.3 Å². The van der Waals surface area contributed by atoms with Gasteiger partial charge in [-0.25, -0.2) is 33.2 Å². The summed E-state index contributed by atoms with van der Waals surface area (Å²) in [6.07, 6.45) is 5.12. The van der Waals surface area contributed by atoms with E-state index in [9.17, 15) is 0 Å². The fraction of sp³-hybridized carbons (Fsp3) is 0.345. The topological polar surface area (TPSA) is 112 Å². The molecule has 5 aromatic rings. The Bertz CT molecular complexity index is 1830. The van der Waals surface area contributed by atoms with E-state index in [1.807, 2.05) is 30.0 Å². The first kappa shape index (κ1) is 27.9. The number of hydrogen-bond donors (Lipinski definition) is 1. The van der Waals surface area contributed by atoms with E-state index >= 15 is 8.78 Å². The van der Waals surface area contributed by atoms with E-state index in [0.717, 1.165) is 18.4 Å². The van der Waals surface area contributed by atoms with E-state index in [1.165, 1.54) is 26.1 Å². The largest absolute Gasteiger partial charge is 0.493 e. The Morgan fingerprint density at radius 3 is 2.63 bits per heavy atom. The number of nitrogens with one attached hydrogen (secondary N) is 1. The van der Waals surface area contributed by atoms with Gasteiger partial charge in [-0.2, -0.15) is 5.10 Å². The SMILES string of the molecule is COc1ccc2ncnc(Nc3ccc(Oc4cc5ncnn5cn4)c(C)c3)c2c1OC1CCN(C2(I)CC2)CC1(F)F. The first-order valence-electron chi connectivity index (χ1n) is 13.7. The summed E-state index contributed by atoms with van der Waals surface area (Å²) in [4.78, 5) is 19.1. The minimum absolute atomic E-state index is 0.158. The van der Waals surface area contributed by atoms with Gasteiger partial charge >= 0.3 is 0 Å². The number of alkyl halides is 3. The maximum absolute atomic E-state index is 15.5. The molecule has 1 saturated carbocycles. The smallest absolute Gasteiger partial charge is 0.296 e. The molecule has 3 aromatic heterocycles. The first-order valence-corrected chi connectivity index (χ1v) is 14.8. The Hall–Kier alpha value is -3.92. The number of nitrogens with zero attached hydrogens (tertiary/aromatic N) is 7. The van der Waals surface area contributed by atoms with E-state index in [0.29, 0.717) is 52.0 Å². The van der Waals surface area contributed by atoms with Gasteiger partial charge in [0.1, 0.15) is 30.5 Å². The van der Waals surface area contributed by atoms with Crippen LogP contribution in [0.1, 0.15) is 24.8 Å². The molecular weight excluding hydrogens is 673 g/mol. The van der Waals surface area contributed by atoms with Crippen LogP contribution in [0.25, 0.3) is 16.6 Å². The zero-order valence-corrected chi connectivity index (χ0v) is 25.5. The van der Waals surface area contributed by atoms with Crippen LogP contribution < -0.4 is 19.5 Å². The molecule has 1 atom stereocenters. The van der Waals surface area contributed by atoms with Crippen LogP contribution in [0.4, 0.5) is 20.3 Å². The Balaban J connectivity index is 1.17. The average Bonchev–Trinajstić information content (AvgIpc) is 3.57. The molecule has 43 heavy (non-hydrogen) atoms. The number of halogens is 3. The number of anilines is 2. The molecule has 0 radical (unpaired) electrons. The predicted molar refractivity (Wildman–Crippen MR) is 163 cm³/mol. The third-order valence-corrected chi connectivity index (χ3v) is 9.52. The summed E-state index contributed by atoms with van der Waals surface area (Å²) in [5, 5.41) is 7.80. The highest BCUT2D eigenvalue weighted by Gasteiger charge is 2.55. The Labute approximate surface area is 258 Å². The number of aryl methyl sites for hydroxylation is 1. The molecule has 14 heteroatoms. The van der Waals surface area contributed by atoms with Gasteiger partial charge in [-0.05, 0) is 55.7 Å². The highest BCUT2D eigenvalue weighted by Crippen LogP contribution is 2.51. The standard InChI is InChI=1S/C29H27F2IN8O3/c1-17-11-18(3-5-20(17)42-24-12-23-34-15-37-40(23)16-36-24)38-27-25-19(33-14-35-27)4-6-21(41-2)26(25)43-22-7-10-39(13-29(22,30)31)28(32)8-9-28/h3-6,11-12,14-16,22H,7-10,13H2,1-2H3,(H,33,35,38). The van der Waals surface area contributed by atoms with Crippen LogP contribution >= 0.6 is 22.6 Å². The minimum Gasteiger partial charge on any atom is -0.493 e. The van der Waals surface area contributed by atoms with Gasteiger partial charge < -0.3 is 19.5 Å². The number of fused-ring (bicyclic) bond motifs is 2. The summed E-state index contributed by atoms with van der Waals surface area (Å²) in [6.45, 7) is 2.10. The molecule has 0 amide bonds. The molecule has 1 saturated heterocycles. The molecule has 2 fully saturated rings. The number of piperidine rings is 1. The van der Waals surface area contributed by atoms with Gasteiger partial charge in [0.25, 0.3) is 5.92 Å². The summed E-state index contributed by atoms with van der Waals surface area (Å²) in [6, 6.07) is 10.6. The van der Waals surface area contributed by atoms with E-state index in [-0.39, 0.29) is 22.3 Å². The number of aromatic nitrogens is 6. The van der Waals surface area contributed by atoms with Crippen LogP contribution in [-0.4, -0.2) is 70.2 Å². The molecule has 1 aliphatic carbocycles. The third kappa shape index (κ3) is 5.37. The first-order chi connectivity index (χ1) is 20.7. The molecule has 0 spiro atoms. The summed E-state index contributed by atoms with van der Waals surface area (Å²) in [5.41, 5.74) is 2.68. The molecule has 1 aliphatic heterocycles. The molecule has 7 rings (SSSR count). The van der Waals surface area contributed by atoms with Crippen molar-refractivity contribution in [2.24, 2.45) is 0 Å². The van der Waals surface area contributed by atoms with Crippen molar-refractivity contribution in [3.05, 3.63) is 60.9 Å². The van der Waals surface area contributed by atoms with Crippen molar-refractivity contribution in [2.75, 3.05) is 25.5 Å². The zero-order valence-electron chi connectivity index (χ0n) is 23.3. The number of rotatable bonds is 8. The van der Waals surface area contributed by atoms with Crippen LogP contribution in [0.15, 0.2) is 55.4 Å². The average molecular weight is 700 g/mol. The molecule has 4 heterocycles. The maximum Gasteiger partial charge on any atom is 0.296 e. The van der Waals surface area contributed by atoms with Gasteiger partial charge in [-0.3, -0.25) is 4.90 Å². The normalized spacial score (nSPS) is 19.3. The quantitative estimate of drug-likeness (QED) is 0.119. The number of ether oxygens (including phenoxy) is 3. The van der Waals surface area contributed by atoms with Crippen LogP contribution in [-0.2, 0) is 0 Å². The lowest BCUT2D eigenvalue weighted by Crippen LogP contribution is -2.56. The van der Waals surface area contributed by atoms with Gasteiger partial charge in [0.2, 0.25) is 5.88 Å². The van der Waals surface area contributed by atoms with E-state index in [4.69, 9.17) is 14.2 Å². The second kappa shape index (κ2) is 10.7. The highest BCUT2D eigenvalue weighted by atomic mass is 127. The lowest BCUT2D eigenvalue weighted by Gasteiger charge is -2.40. The number of likely N-dealkylation sites (tertiary alicyclic amines) is 1. The van der Waals surface area contributed by atoms with Gasteiger partial charge in [0, 0.05) is 24.7 Å². The fourth-order valence-electron chi connectivity index (χ4n) is 5.30. The fourth-order valence-corrected chi connectivity index (χ4v) is 5.98. The lowest BCUT2D eigenvalue weighted by atomic mass is 10.0. The number of methoxy groups -OCH3 is 1. The van der Waals surface area contributed by atoms with Crippen LogP contribution in [0, 0.1) is 6.92 Å². The zero-order chi connectivity index (χ0) is 29.8. The maximum atomic E-state index is 15.5. The van der Waals surface area contributed by atoms with Crippen LogP contribution in [0.3, 0.4) is 0 Å². The van der Waals surface area contributed by atoms with Crippen molar-refractivity contribution in [2.45, 2.75) is 41.8 Å². The van der Waals surface area contributed by atoms with Crippen molar-refractivity contribution in [3.8, 4) is 23.1 Å². The van der Waals surface area contributed by atoms with Crippen LogP contribution in [0.5, 0.6) is 23.1 Å². The van der Waals surface area contributed by atoms with E-state index in [2.05, 4.69) is 52.9 Å². The summed E-state index contributed by atoms with van der Waals surface area (Å²) < 4.78 is 50.0. The molecule has 2 aliphatic rings. The van der Waals surface area contributed by atoms with Crippen molar-refractivity contribution in [3.63, 3.8) is 0 Å². The van der Waals surface area contributed by atoms with Crippen molar-refractivity contribution in [1.82, 2.24) is 34.4 Å². The van der Waals surface area contributed by atoms with Crippen molar-refractivity contribution in [1.29, 1.82) is 0 Å². The predicted octanol–water partition coefficient (Wildman–Crippen LogP) is 5.93. The second-order valence-corrected chi connectivity index (χ2v) is 12.7. The van der Waals surface area contributed by atoms with Crippen molar-refractivity contribution >= 4 is 50.6 Å². The lowest BCUT2D eigenvalue weighted by molar-refractivity contribution is -0.142. The monoisotopic (exact) mass is 700 g/mol. The van der Waals surface area contributed by atoms with Gasteiger partial charge in [0.05, 0.1) is 28.1 Å². The van der Waals surface area contributed by atoms with E-state index < -0.39 is 12.0 Å². The van der Waals surface area contributed by atoms with Crippen LogP contribution in [0.2, 0.25) is 0 Å². The minimum atomic E-state index is -3.05. The van der Waals surface area contributed by atoms with Gasteiger partial charge in [-0.15, -0.1) is 0 Å². The van der Waals surface area contributed by atoms with Gasteiger partial charge in [-0.1, -0.05) is 22.6 Å². The Kier molecular flexibility index (Phi) is 6.91. The number of benzene rings is 2. The summed E-state index contributed by atoms with van der Waals surface area (Å²) in [7, 11) is 1.48. The summed E-state index contributed by atoms with van der Waals surface area (Å²) >= 11 is 2.29. The second-order valence-electron chi connectivity index (χ2n) is 10.7. The molecular formula is C29H27F2IN8O3. The number of hydrogen-bond acceptors (Lipinski definition) is 10. The molecule has 1 unspecified atom stereocenters. The molecule has 1 N–H and O–H groups in total. The highest BCUT2D eigenvalue weighted by molar-refractivity contribution is 14.1. The Morgan fingerprint density at radius 2 is 1.86 bits per heavy atom. The molecule has 11 nitrogen and oxygen atoms in total. The Morgan fingerprint density at radius 1 is 1.02 bits per heavy atom. The summed E-state index contributed by atoms with van der Waals surface area (Å²) in [5.74, 6) is -1.15.